The van der Waals surface area contributed by atoms with Crippen molar-refractivity contribution >= 4 is 33.3 Å². The predicted molar refractivity (Wildman–Crippen MR) is 151 cm³/mol. The Morgan fingerprint density at radius 2 is 1.41 bits per heavy atom. The van der Waals surface area contributed by atoms with Crippen LogP contribution in [0.1, 0.15) is 71.8 Å². The van der Waals surface area contributed by atoms with Crippen LogP contribution in [0.2, 0.25) is 5.02 Å². The van der Waals surface area contributed by atoms with E-state index >= 15 is 0 Å². The Bertz CT molecular complexity index is 1480. The molecule has 0 bridgehead atoms. The monoisotopic (exact) mass is 567 g/mol. The summed E-state index contributed by atoms with van der Waals surface area (Å²) in [5.41, 5.74) is 3.55. The molecular formula is C31H34ClNO5S. The third kappa shape index (κ3) is 5.19. The summed E-state index contributed by atoms with van der Waals surface area (Å²) in [6, 6.07) is 12.5. The minimum Gasteiger partial charge on any atom is -0.379 e. The van der Waals surface area contributed by atoms with E-state index in [0.29, 0.717) is 41.1 Å². The number of rotatable bonds is 5. The number of Topliss-reactive ketones (excluding diaryl/α,β-unsaturated/α-hetero) is 2. The van der Waals surface area contributed by atoms with Gasteiger partial charge in [0.1, 0.15) is 10.6 Å². The summed E-state index contributed by atoms with van der Waals surface area (Å²) in [4.78, 5) is 29.7. The van der Waals surface area contributed by atoms with Crippen molar-refractivity contribution in [1.82, 2.24) is 4.90 Å². The number of ketones is 2. The molecule has 0 amide bonds. The first kappa shape index (κ1) is 27.7. The third-order valence-electron chi connectivity index (χ3n) is 7.84. The number of hydrogen-bond acceptors (Lipinski definition) is 6. The van der Waals surface area contributed by atoms with Crippen LogP contribution in [-0.2, 0) is 19.7 Å². The average Bonchev–Trinajstić information content (AvgIpc) is 2.81. The zero-order valence-electron chi connectivity index (χ0n) is 23.0. The molecule has 2 aromatic rings. The third-order valence-corrected chi connectivity index (χ3v) is 9.35. The van der Waals surface area contributed by atoms with Gasteiger partial charge in [0.05, 0.1) is 0 Å². The van der Waals surface area contributed by atoms with E-state index in [1.54, 1.807) is 18.2 Å². The van der Waals surface area contributed by atoms with Crippen molar-refractivity contribution in [3.05, 3.63) is 81.7 Å². The number of carbonyl (C=O) groups excluding carboxylic acids is 2. The van der Waals surface area contributed by atoms with Gasteiger partial charge in [-0.25, -0.2) is 0 Å². The Labute approximate surface area is 235 Å². The van der Waals surface area contributed by atoms with E-state index in [2.05, 4.69) is 39.5 Å². The van der Waals surface area contributed by atoms with Crippen molar-refractivity contribution in [2.24, 2.45) is 10.8 Å². The second-order valence-electron chi connectivity index (χ2n) is 12.3. The predicted octanol–water partition coefficient (Wildman–Crippen LogP) is 6.81. The highest BCUT2D eigenvalue weighted by Crippen LogP contribution is 2.54. The highest BCUT2D eigenvalue weighted by molar-refractivity contribution is 7.87. The minimum absolute atomic E-state index is 0.0158. The van der Waals surface area contributed by atoms with E-state index in [0.717, 1.165) is 24.2 Å². The molecule has 0 atom stereocenters. The quantitative estimate of drug-likeness (QED) is 0.369. The van der Waals surface area contributed by atoms with E-state index in [9.17, 15) is 18.0 Å². The van der Waals surface area contributed by atoms with Gasteiger partial charge in [-0.3, -0.25) is 9.59 Å². The average molecular weight is 568 g/mol. The maximum Gasteiger partial charge on any atom is 0.339 e. The first-order valence-corrected chi connectivity index (χ1v) is 15.1. The lowest BCUT2D eigenvalue weighted by molar-refractivity contribution is -0.119. The fourth-order valence-electron chi connectivity index (χ4n) is 6.28. The summed E-state index contributed by atoms with van der Waals surface area (Å²) < 4.78 is 31.5. The molecule has 3 aliphatic rings. The first-order valence-electron chi connectivity index (χ1n) is 13.3. The topological polar surface area (TPSA) is 80.8 Å². The van der Waals surface area contributed by atoms with Gasteiger partial charge < -0.3 is 9.08 Å². The Morgan fingerprint density at radius 3 is 1.92 bits per heavy atom. The number of nitrogens with zero attached hydrogens (tertiary/aromatic N) is 1. The molecule has 0 N–H and O–H groups in total. The molecule has 206 valence electrons. The summed E-state index contributed by atoms with van der Waals surface area (Å²) >= 11 is 5.92. The maximum atomic E-state index is 13.8. The Kier molecular flexibility index (Phi) is 6.83. The lowest BCUT2D eigenvalue weighted by atomic mass is 9.63. The van der Waals surface area contributed by atoms with E-state index in [1.807, 2.05) is 6.07 Å². The molecule has 0 saturated heterocycles. The maximum absolute atomic E-state index is 13.8. The van der Waals surface area contributed by atoms with Gasteiger partial charge in [-0.2, -0.15) is 8.42 Å². The Balaban J connectivity index is 1.64. The Hall–Kier alpha value is -2.90. The number of allylic oxidation sites excluding steroid dienone is 4. The summed E-state index contributed by atoms with van der Waals surface area (Å²) in [6.45, 7) is 11.1. The molecule has 0 unspecified atom stereocenters. The summed E-state index contributed by atoms with van der Waals surface area (Å²) in [5, 5.41) is 0.420. The van der Waals surface area contributed by atoms with Crippen molar-refractivity contribution in [3.8, 4) is 5.75 Å². The SMILES string of the molecule is CCN1C2=C(C(=O)CC(C)(C)C2)C(c2cccc(OS(=O)(=O)c3ccc(Cl)cc3)c2)C2=C1CC(C)(C)CC2=O. The molecule has 5 rings (SSSR count). The van der Waals surface area contributed by atoms with Crippen LogP contribution >= 0.6 is 11.6 Å². The molecule has 6 nitrogen and oxygen atoms in total. The van der Waals surface area contributed by atoms with Gasteiger partial charge in [0, 0.05) is 52.9 Å². The molecule has 2 aliphatic carbocycles. The van der Waals surface area contributed by atoms with Crippen LogP contribution < -0.4 is 4.18 Å². The number of hydrogen-bond donors (Lipinski definition) is 0. The van der Waals surface area contributed by atoms with Crippen LogP contribution in [0.4, 0.5) is 0 Å². The molecule has 2 aromatic carbocycles. The van der Waals surface area contributed by atoms with Crippen LogP contribution in [0.5, 0.6) is 5.75 Å². The van der Waals surface area contributed by atoms with Crippen LogP contribution in [-0.4, -0.2) is 31.4 Å². The first-order chi connectivity index (χ1) is 18.2. The van der Waals surface area contributed by atoms with Gasteiger partial charge in [0.2, 0.25) is 0 Å². The molecule has 0 aromatic heterocycles. The van der Waals surface area contributed by atoms with Crippen LogP contribution in [0.25, 0.3) is 0 Å². The normalized spacial score (nSPS) is 21.1. The van der Waals surface area contributed by atoms with Crippen LogP contribution in [0.15, 0.2) is 76.0 Å². The number of halogens is 1. The fourth-order valence-corrected chi connectivity index (χ4v) is 7.33. The van der Waals surface area contributed by atoms with E-state index < -0.39 is 16.0 Å². The molecule has 39 heavy (non-hydrogen) atoms. The summed E-state index contributed by atoms with van der Waals surface area (Å²) in [7, 11) is -4.11. The lowest BCUT2D eigenvalue weighted by Crippen LogP contribution is -2.44. The molecule has 1 aliphatic heterocycles. The van der Waals surface area contributed by atoms with Gasteiger partial charge in [0.15, 0.2) is 11.6 Å². The highest BCUT2D eigenvalue weighted by Gasteiger charge is 2.48. The van der Waals surface area contributed by atoms with Crippen molar-refractivity contribution in [3.63, 3.8) is 0 Å². The second kappa shape index (κ2) is 9.63. The highest BCUT2D eigenvalue weighted by atomic mass is 35.5. The minimum atomic E-state index is -4.11. The van der Waals surface area contributed by atoms with Crippen molar-refractivity contribution < 1.29 is 22.2 Å². The molecule has 0 spiro atoms. The van der Waals surface area contributed by atoms with Crippen molar-refractivity contribution in [1.29, 1.82) is 0 Å². The van der Waals surface area contributed by atoms with E-state index in [1.165, 1.54) is 24.3 Å². The molecule has 0 saturated carbocycles. The van der Waals surface area contributed by atoms with Crippen molar-refractivity contribution in [2.75, 3.05) is 6.54 Å². The van der Waals surface area contributed by atoms with Crippen LogP contribution in [0, 0.1) is 10.8 Å². The largest absolute Gasteiger partial charge is 0.379 e. The van der Waals surface area contributed by atoms with Gasteiger partial charge >= 0.3 is 10.1 Å². The summed E-state index contributed by atoms with van der Waals surface area (Å²) in [6.07, 6.45) is 2.24. The lowest BCUT2D eigenvalue weighted by Gasteiger charge is -2.48. The molecule has 8 heteroatoms. The van der Waals surface area contributed by atoms with Crippen LogP contribution in [0.3, 0.4) is 0 Å². The molecule has 0 radical (unpaired) electrons. The van der Waals surface area contributed by atoms with E-state index in [-0.39, 0.29) is 33.0 Å². The fraction of sp³-hybridized carbons (Fsp3) is 0.419. The van der Waals surface area contributed by atoms with Gasteiger partial charge in [0.25, 0.3) is 0 Å². The molecule has 0 fully saturated rings. The zero-order valence-corrected chi connectivity index (χ0v) is 24.6. The molecule has 1 heterocycles. The smallest absolute Gasteiger partial charge is 0.339 e. The van der Waals surface area contributed by atoms with Gasteiger partial charge in [-0.1, -0.05) is 51.4 Å². The zero-order chi connectivity index (χ0) is 28.3. The van der Waals surface area contributed by atoms with E-state index in [4.69, 9.17) is 15.8 Å². The Morgan fingerprint density at radius 1 is 0.872 bits per heavy atom. The number of carbonyl (C=O) groups is 2. The molecular weight excluding hydrogens is 534 g/mol. The number of benzene rings is 2. The van der Waals surface area contributed by atoms with Gasteiger partial charge in [-0.15, -0.1) is 0 Å². The van der Waals surface area contributed by atoms with Gasteiger partial charge in [-0.05, 0) is 72.6 Å². The standard InChI is InChI=1S/C31H34ClNO5S/c1-6-33-23-15-30(2,3)17-25(34)28(23)27(29-24(33)16-31(4,5)18-26(29)35)19-8-7-9-21(14-19)38-39(36,37)22-12-10-20(32)11-13-22/h7-14,27H,6,15-18H2,1-5H3. The second-order valence-corrected chi connectivity index (χ2v) is 14.3. The summed E-state index contributed by atoms with van der Waals surface area (Å²) in [5.74, 6) is -0.369. The van der Waals surface area contributed by atoms with Crippen molar-refractivity contribution in [2.45, 2.75) is 71.1 Å².